The lowest BCUT2D eigenvalue weighted by atomic mass is 10.4. The summed E-state index contributed by atoms with van der Waals surface area (Å²) in [7, 11) is 0. The number of halogens is 3. The van der Waals surface area contributed by atoms with Crippen molar-refractivity contribution >= 4 is 23.0 Å². The van der Waals surface area contributed by atoms with E-state index in [2.05, 4.69) is 20.3 Å². The molecule has 0 fully saturated rings. The lowest BCUT2D eigenvalue weighted by Gasteiger charge is -2.09. The quantitative estimate of drug-likeness (QED) is 0.907. The van der Waals surface area contributed by atoms with Gasteiger partial charge in [-0.25, -0.2) is 15.0 Å². The number of nitrogens with two attached hydrogens (primary N) is 1. The standard InChI is InChI=1S/C10H10F3N5S/c1-5-3-16-8(19-5)4-15-7-2-6(14)17-9(18-7)10(11,12)13/h2-3H,4H2,1H3,(H3,14,15,17,18). The highest BCUT2D eigenvalue weighted by molar-refractivity contribution is 7.11. The molecule has 9 heteroatoms. The van der Waals surface area contributed by atoms with Crippen LogP contribution in [0, 0.1) is 6.92 Å². The van der Waals surface area contributed by atoms with Gasteiger partial charge in [0.05, 0.1) is 6.54 Å². The number of nitrogens with zero attached hydrogens (tertiary/aromatic N) is 3. The Morgan fingerprint density at radius 2 is 2.11 bits per heavy atom. The van der Waals surface area contributed by atoms with Crippen molar-refractivity contribution in [1.82, 2.24) is 15.0 Å². The summed E-state index contributed by atoms with van der Waals surface area (Å²) in [4.78, 5) is 11.6. The molecule has 19 heavy (non-hydrogen) atoms. The van der Waals surface area contributed by atoms with Gasteiger partial charge < -0.3 is 11.1 Å². The highest BCUT2D eigenvalue weighted by atomic mass is 32.1. The summed E-state index contributed by atoms with van der Waals surface area (Å²) in [5, 5.41) is 3.50. The first kappa shape index (κ1) is 13.5. The third-order valence-electron chi connectivity index (χ3n) is 2.09. The molecule has 0 aliphatic rings. The number of nitrogens with one attached hydrogen (secondary N) is 1. The summed E-state index contributed by atoms with van der Waals surface area (Å²) in [6.07, 6.45) is -2.93. The average molecular weight is 289 g/mol. The summed E-state index contributed by atoms with van der Waals surface area (Å²) in [5.41, 5.74) is 5.33. The van der Waals surface area contributed by atoms with Crippen LogP contribution in [0.5, 0.6) is 0 Å². The van der Waals surface area contributed by atoms with Gasteiger partial charge in [0.15, 0.2) is 0 Å². The molecule has 3 N–H and O–H groups in total. The van der Waals surface area contributed by atoms with Crippen LogP contribution < -0.4 is 11.1 Å². The van der Waals surface area contributed by atoms with E-state index in [0.29, 0.717) is 0 Å². The predicted molar refractivity (Wildman–Crippen MR) is 65.6 cm³/mol. The Morgan fingerprint density at radius 3 is 2.68 bits per heavy atom. The van der Waals surface area contributed by atoms with Gasteiger partial charge in [0, 0.05) is 17.1 Å². The molecule has 2 aromatic heterocycles. The number of anilines is 2. The van der Waals surface area contributed by atoms with Gasteiger partial charge in [-0.05, 0) is 6.92 Å². The molecule has 102 valence electrons. The third-order valence-corrected chi connectivity index (χ3v) is 3.00. The van der Waals surface area contributed by atoms with Crippen LogP contribution in [0.15, 0.2) is 12.3 Å². The fourth-order valence-electron chi connectivity index (χ4n) is 1.33. The van der Waals surface area contributed by atoms with E-state index in [9.17, 15) is 13.2 Å². The molecule has 0 radical (unpaired) electrons. The minimum Gasteiger partial charge on any atom is -0.384 e. The Kier molecular flexibility index (Phi) is 3.56. The van der Waals surface area contributed by atoms with E-state index in [1.807, 2.05) is 6.92 Å². The van der Waals surface area contributed by atoms with Gasteiger partial charge >= 0.3 is 6.18 Å². The zero-order valence-corrected chi connectivity index (χ0v) is 10.6. The molecule has 0 unspecified atom stereocenters. The number of aromatic nitrogens is 3. The Balaban J connectivity index is 2.14. The largest absolute Gasteiger partial charge is 0.451 e. The van der Waals surface area contributed by atoms with Crippen molar-refractivity contribution in [3.8, 4) is 0 Å². The van der Waals surface area contributed by atoms with Gasteiger partial charge in [-0.15, -0.1) is 11.3 Å². The number of nitrogen functional groups attached to an aromatic ring is 1. The predicted octanol–water partition coefficient (Wildman–Crippen LogP) is 2.45. The Hall–Kier alpha value is -1.90. The van der Waals surface area contributed by atoms with Crippen molar-refractivity contribution in [2.75, 3.05) is 11.1 Å². The molecule has 0 amide bonds. The van der Waals surface area contributed by atoms with Crippen LogP contribution in [-0.2, 0) is 12.7 Å². The number of aryl methyl sites for hydroxylation is 1. The topological polar surface area (TPSA) is 76.7 Å². The van der Waals surface area contributed by atoms with Gasteiger partial charge in [0.2, 0.25) is 5.82 Å². The first-order valence-corrected chi connectivity index (χ1v) is 6.03. The molecule has 0 aliphatic heterocycles. The summed E-state index contributed by atoms with van der Waals surface area (Å²) in [6.45, 7) is 2.18. The van der Waals surface area contributed by atoms with Crippen LogP contribution in [-0.4, -0.2) is 15.0 Å². The normalized spacial score (nSPS) is 11.6. The molecule has 2 aromatic rings. The molecular formula is C10H10F3N5S. The molecule has 2 rings (SSSR count). The number of hydrogen-bond acceptors (Lipinski definition) is 6. The maximum Gasteiger partial charge on any atom is 0.451 e. The highest BCUT2D eigenvalue weighted by Crippen LogP contribution is 2.27. The second kappa shape index (κ2) is 5.00. The molecule has 0 saturated carbocycles. The van der Waals surface area contributed by atoms with E-state index in [1.54, 1.807) is 6.20 Å². The minimum absolute atomic E-state index is 0.0210. The summed E-state index contributed by atoms with van der Waals surface area (Å²) in [5.74, 6) is -1.47. The number of hydrogen-bond donors (Lipinski definition) is 2. The lowest BCUT2D eigenvalue weighted by molar-refractivity contribution is -0.144. The molecule has 0 aliphatic carbocycles. The molecular weight excluding hydrogens is 279 g/mol. The average Bonchev–Trinajstić information content (AvgIpc) is 2.71. The van der Waals surface area contributed by atoms with Crippen LogP contribution in [0.4, 0.5) is 24.8 Å². The summed E-state index contributed by atoms with van der Waals surface area (Å²) in [6, 6.07) is 1.25. The maximum atomic E-state index is 12.5. The van der Waals surface area contributed by atoms with Crippen LogP contribution in [0.2, 0.25) is 0 Å². The van der Waals surface area contributed by atoms with Crippen molar-refractivity contribution in [3.05, 3.63) is 28.0 Å². The smallest absolute Gasteiger partial charge is 0.384 e. The lowest BCUT2D eigenvalue weighted by Crippen LogP contribution is -2.14. The van der Waals surface area contributed by atoms with Gasteiger partial charge in [-0.3, -0.25) is 0 Å². The fraction of sp³-hybridized carbons (Fsp3) is 0.300. The monoisotopic (exact) mass is 289 g/mol. The second-order valence-corrected chi connectivity index (χ2v) is 5.04. The van der Waals surface area contributed by atoms with E-state index in [1.165, 1.54) is 17.4 Å². The maximum absolute atomic E-state index is 12.5. The van der Waals surface area contributed by atoms with E-state index in [-0.39, 0.29) is 18.2 Å². The van der Waals surface area contributed by atoms with Crippen molar-refractivity contribution < 1.29 is 13.2 Å². The van der Waals surface area contributed by atoms with Crippen molar-refractivity contribution in [1.29, 1.82) is 0 Å². The summed E-state index contributed by atoms with van der Waals surface area (Å²) >= 11 is 1.45. The Labute approximate surface area is 110 Å². The molecule has 0 saturated heterocycles. The van der Waals surface area contributed by atoms with Gasteiger partial charge in [-0.2, -0.15) is 13.2 Å². The van der Waals surface area contributed by atoms with Gasteiger partial charge in [0.25, 0.3) is 0 Å². The molecule has 0 bridgehead atoms. The van der Waals surface area contributed by atoms with E-state index in [0.717, 1.165) is 9.88 Å². The fourth-order valence-corrected chi connectivity index (χ4v) is 2.06. The van der Waals surface area contributed by atoms with Gasteiger partial charge in [0.1, 0.15) is 16.6 Å². The Bertz CT molecular complexity index is 581. The van der Waals surface area contributed by atoms with Crippen LogP contribution >= 0.6 is 11.3 Å². The van der Waals surface area contributed by atoms with E-state index < -0.39 is 12.0 Å². The highest BCUT2D eigenvalue weighted by Gasteiger charge is 2.35. The zero-order valence-electron chi connectivity index (χ0n) is 9.82. The Morgan fingerprint density at radius 1 is 1.37 bits per heavy atom. The van der Waals surface area contributed by atoms with Gasteiger partial charge in [-0.1, -0.05) is 0 Å². The molecule has 5 nitrogen and oxygen atoms in total. The first-order chi connectivity index (χ1) is 8.84. The number of rotatable bonds is 3. The number of thiazole rings is 1. The third kappa shape index (κ3) is 3.53. The van der Waals surface area contributed by atoms with E-state index >= 15 is 0 Å². The van der Waals surface area contributed by atoms with E-state index in [4.69, 9.17) is 5.73 Å². The zero-order chi connectivity index (χ0) is 14.0. The van der Waals surface area contributed by atoms with Crippen molar-refractivity contribution in [2.24, 2.45) is 0 Å². The van der Waals surface area contributed by atoms with Crippen LogP contribution in [0.25, 0.3) is 0 Å². The molecule has 0 spiro atoms. The number of alkyl halides is 3. The first-order valence-electron chi connectivity index (χ1n) is 5.21. The SMILES string of the molecule is Cc1cnc(CNc2cc(N)nc(C(F)(F)F)n2)s1. The van der Waals surface area contributed by atoms with Crippen LogP contribution in [0.1, 0.15) is 15.7 Å². The summed E-state index contributed by atoms with van der Waals surface area (Å²) < 4.78 is 37.5. The molecule has 0 atom stereocenters. The molecule has 0 aromatic carbocycles. The second-order valence-electron chi connectivity index (χ2n) is 3.72. The van der Waals surface area contributed by atoms with Crippen LogP contribution in [0.3, 0.4) is 0 Å². The van der Waals surface area contributed by atoms with Crippen molar-refractivity contribution in [2.45, 2.75) is 19.6 Å². The van der Waals surface area contributed by atoms with Crippen molar-refractivity contribution in [3.63, 3.8) is 0 Å². The molecule has 2 heterocycles. The minimum atomic E-state index is -4.62.